The topological polar surface area (TPSA) is 62.7 Å². The molecule has 0 radical (unpaired) electrons. The summed E-state index contributed by atoms with van der Waals surface area (Å²) >= 11 is 0. The van der Waals surface area contributed by atoms with Crippen molar-refractivity contribution in [2.45, 2.75) is 25.8 Å². The van der Waals surface area contributed by atoms with Crippen molar-refractivity contribution < 1.29 is 14.3 Å². The molecule has 1 saturated heterocycles. The molecule has 1 aliphatic rings. The van der Waals surface area contributed by atoms with E-state index in [4.69, 9.17) is 4.74 Å². The number of carbonyl (C=O) groups excluding carboxylic acids is 2. The van der Waals surface area contributed by atoms with Crippen molar-refractivity contribution in [3.63, 3.8) is 0 Å². The fraction of sp³-hybridized carbons (Fsp3) is 0.296. The van der Waals surface area contributed by atoms with Crippen LogP contribution >= 0.6 is 0 Å². The average molecular weight is 444 g/mol. The van der Waals surface area contributed by atoms with E-state index in [0.29, 0.717) is 31.8 Å². The first-order valence-electron chi connectivity index (χ1n) is 11.3. The molecule has 3 aromatic rings. The highest BCUT2D eigenvalue weighted by Gasteiger charge is 2.36. The molecule has 170 valence electrons. The first-order chi connectivity index (χ1) is 16.1. The average Bonchev–Trinajstić information content (AvgIpc) is 2.86. The molecular weight excluding hydrogens is 414 g/mol. The Bertz CT molecular complexity index is 1100. The monoisotopic (exact) mass is 443 g/mol. The summed E-state index contributed by atoms with van der Waals surface area (Å²) in [5.41, 5.74) is 4.04. The van der Waals surface area contributed by atoms with Crippen LogP contribution in [0.4, 0.5) is 0 Å². The fourth-order valence-corrected chi connectivity index (χ4v) is 4.36. The Hall–Kier alpha value is -3.67. The SMILES string of the molecule is CCN1CCN(C(=O)Cc2ccccc2OC)[C@@H](Cc2ccc(-c3ccncc3)cc2)C1=O. The third-order valence-corrected chi connectivity index (χ3v) is 6.22. The molecule has 1 fully saturated rings. The van der Waals surface area contributed by atoms with Crippen LogP contribution in [-0.4, -0.2) is 59.4 Å². The summed E-state index contributed by atoms with van der Waals surface area (Å²) < 4.78 is 5.41. The fourth-order valence-electron chi connectivity index (χ4n) is 4.36. The van der Waals surface area contributed by atoms with Gasteiger partial charge in [0.25, 0.3) is 0 Å². The van der Waals surface area contributed by atoms with Crippen LogP contribution in [0, 0.1) is 0 Å². The van der Waals surface area contributed by atoms with Crippen molar-refractivity contribution in [3.05, 3.63) is 84.2 Å². The van der Waals surface area contributed by atoms with Crippen LogP contribution in [0.15, 0.2) is 73.1 Å². The van der Waals surface area contributed by atoms with Gasteiger partial charge in [0.15, 0.2) is 0 Å². The number of rotatable bonds is 7. The van der Waals surface area contributed by atoms with Crippen molar-refractivity contribution in [1.29, 1.82) is 0 Å². The largest absolute Gasteiger partial charge is 0.496 e. The molecule has 0 saturated carbocycles. The van der Waals surface area contributed by atoms with E-state index in [1.165, 1.54) is 0 Å². The molecule has 0 unspecified atom stereocenters. The van der Waals surface area contributed by atoms with Crippen LogP contribution in [0.5, 0.6) is 5.75 Å². The number of likely N-dealkylation sites (N-methyl/N-ethyl adjacent to an activating group) is 1. The van der Waals surface area contributed by atoms with E-state index in [-0.39, 0.29) is 18.2 Å². The lowest BCUT2D eigenvalue weighted by Gasteiger charge is -2.40. The normalized spacial score (nSPS) is 16.1. The second-order valence-electron chi connectivity index (χ2n) is 8.15. The molecule has 0 spiro atoms. The van der Waals surface area contributed by atoms with Gasteiger partial charge >= 0.3 is 0 Å². The van der Waals surface area contributed by atoms with E-state index in [2.05, 4.69) is 17.1 Å². The molecule has 2 aromatic carbocycles. The van der Waals surface area contributed by atoms with Crippen molar-refractivity contribution in [2.24, 2.45) is 0 Å². The highest BCUT2D eigenvalue weighted by atomic mass is 16.5. The molecule has 0 bridgehead atoms. The summed E-state index contributed by atoms with van der Waals surface area (Å²) in [5.74, 6) is 0.643. The van der Waals surface area contributed by atoms with E-state index < -0.39 is 6.04 Å². The summed E-state index contributed by atoms with van der Waals surface area (Å²) in [5, 5.41) is 0. The molecular formula is C27H29N3O3. The molecule has 0 N–H and O–H groups in total. The molecule has 1 aliphatic heterocycles. The van der Waals surface area contributed by atoms with Crippen LogP contribution in [0.25, 0.3) is 11.1 Å². The molecule has 0 aliphatic carbocycles. The molecule has 1 aromatic heterocycles. The van der Waals surface area contributed by atoms with Gasteiger partial charge in [-0.15, -0.1) is 0 Å². The minimum Gasteiger partial charge on any atom is -0.496 e. The highest BCUT2D eigenvalue weighted by molar-refractivity contribution is 5.90. The highest BCUT2D eigenvalue weighted by Crippen LogP contribution is 2.24. The number of hydrogen-bond acceptors (Lipinski definition) is 4. The summed E-state index contributed by atoms with van der Waals surface area (Å²) in [6.07, 6.45) is 4.24. The Morgan fingerprint density at radius 3 is 2.39 bits per heavy atom. The Labute approximate surface area is 194 Å². The standard InChI is InChI=1S/C27H29N3O3/c1-3-29-16-17-30(26(31)19-23-6-4-5-7-25(23)33-2)24(27(29)32)18-20-8-10-21(11-9-20)22-12-14-28-15-13-22/h4-15,24H,3,16-19H2,1-2H3/t24-/m0/s1. The Morgan fingerprint density at radius 1 is 1.00 bits per heavy atom. The number of pyridine rings is 1. The zero-order valence-corrected chi connectivity index (χ0v) is 19.1. The van der Waals surface area contributed by atoms with Crippen LogP contribution in [0.2, 0.25) is 0 Å². The number of para-hydroxylation sites is 1. The first-order valence-corrected chi connectivity index (χ1v) is 11.3. The number of hydrogen-bond donors (Lipinski definition) is 0. The number of amides is 2. The van der Waals surface area contributed by atoms with Gasteiger partial charge in [-0.25, -0.2) is 0 Å². The molecule has 2 heterocycles. The van der Waals surface area contributed by atoms with Gasteiger partial charge in [0.1, 0.15) is 11.8 Å². The summed E-state index contributed by atoms with van der Waals surface area (Å²) in [6, 6.07) is 19.1. The number of piperazine rings is 1. The molecule has 4 rings (SSSR count). The van der Waals surface area contributed by atoms with Gasteiger partial charge in [-0.2, -0.15) is 0 Å². The Balaban J connectivity index is 1.54. The van der Waals surface area contributed by atoms with Gasteiger partial charge < -0.3 is 14.5 Å². The quantitative estimate of drug-likeness (QED) is 0.560. The lowest BCUT2D eigenvalue weighted by Crippen LogP contribution is -2.59. The van der Waals surface area contributed by atoms with E-state index in [0.717, 1.165) is 22.3 Å². The van der Waals surface area contributed by atoms with Crippen LogP contribution < -0.4 is 4.74 Å². The number of aromatic nitrogens is 1. The van der Waals surface area contributed by atoms with Gasteiger partial charge in [-0.3, -0.25) is 14.6 Å². The van der Waals surface area contributed by atoms with E-state index in [9.17, 15) is 9.59 Å². The van der Waals surface area contributed by atoms with Crippen LogP contribution in [0.1, 0.15) is 18.1 Å². The first kappa shape index (κ1) is 22.5. The van der Waals surface area contributed by atoms with Crippen molar-refractivity contribution >= 4 is 11.8 Å². The molecule has 33 heavy (non-hydrogen) atoms. The number of carbonyl (C=O) groups is 2. The molecule has 2 amide bonds. The third kappa shape index (κ3) is 5.06. The van der Waals surface area contributed by atoms with Crippen LogP contribution in [-0.2, 0) is 22.4 Å². The maximum Gasteiger partial charge on any atom is 0.245 e. The number of benzene rings is 2. The molecule has 1 atom stereocenters. The van der Waals surface area contributed by atoms with Crippen molar-refractivity contribution in [3.8, 4) is 16.9 Å². The predicted molar refractivity (Wildman–Crippen MR) is 128 cm³/mol. The Morgan fingerprint density at radius 2 is 1.70 bits per heavy atom. The van der Waals surface area contributed by atoms with Gasteiger partial charge in [0, 0.05) is 44.0 Å². The van der Waals surface area contributed by atoms with Crippen molar-refractivity contribution in [1.82, 2.24) is 14.8 Å². The van der Waals surface area contributed by atoms with Crippen molar-refractivity contribution in [2.75, 3.05) is 26.7 Å². The van der Waals surface area contributed by atoms with Gasteiger partial charge in [0.05, 0.1) is 13.5 Å². The van der Waals surface area contributed by atoms with E-state index >= 15 is 0 Å². The lowest BCUT2D eigenvalue weighted by atomic mass is 9.98. The summed E-state index contributed by atoms with van der Waals surface area (Å²) in [7, 11) is 1.60. The minimum atomic E-state index is -0.507. The van der Waals surface area contributed by atoms with Gasteiger partial charge in [-0.1, -0.05) is 42.5 Å². The zero-order chi connectivity index (χ0) is 23.2. The third-order valence-electron chi connectivity index (χ3n) is 6.22. The van der Waals surface area contributed by atoms with Gasteiger partial charge in [-0.05, 0) is 41.8 Å². The zero-order valence-electron chi connectivity index (χ0n) is 19.1. The summed E-state index contributed by atoms with van der Waals surface area (Å²) in [4.78, 5) is 34.2. The maximum absolute atomic E-state index is 13.3. The molecule has 6 nitrogen and oxygen atoms in total. The van der Waals surface area contributed by atoms with E-state index in [1.807, 2.05) is 60.4 Å². The lowest BCUT2D eigenvalue weighted by molar-refractivity contribution is -0.150. The maximum atomic E-state index is 13.3. The number of methoxy groups -OCH3 is 1. The number of nitrogens with zero attached hydrogens (tertiary/aromatic N) is 3. The Kier molecular flexibility index (Phi) is 7.03. The second-order valence-corrected chi connectivity index (χ2v) is 8.15. The number of ether oxygens (including phenoxy) is 1. The second kappa shape index (κ2) is 10.3. The molecule has 6 heteroatoms. The summed E-state index contributed by atoms with van der Waals surface area (Å²) in [6.45, 7) is 3.72. The smallest absolute Gasteiger partial charge is 0.245 e. The van der Waals surface area contributed by atoms with Crippen LogP contribution in [0.3, 0.4) is 0 Å². The predicted octanol–water partition coefficient (Wildman–Crippen LogP) is 3.60. The van der Waals surface area contributed by atoms with Gasteiger partial charge in [0.2, 0.25) is 11.8 Å². The van der Waals surface area contributed by atoms with E-state index in [1.54, 1.807) is 24.4 Å². The minimum absolute atomic E-state index is 0.00957.